The van der Waals surface area contributed by atoms with Crippen molar-refractivity contribution in [1.29, 1.82) is 0 Å². The van der Waals surface area contributed by atoms with Gasteiger partial charge in [-0.2, -0.15) is 0 Å². The Labute approximate surface area is 155 Å². The SMILES string of the molecule is COc1ccc(NC(=O)CN(C)C(=O)/C=C/c2cccc(Br)c2)cc1. The zero-order valence-electron chi connectivity index (χ0n) is 14.0. The van der Waals surface area contributed by atoms with Gasteiger partial charge < -0.3 is 15.0 Å². The van der Waals surface area contributed by atoms with Gasteiger partial charge in [-0.15, -0.1) is 0 Å². The summed E-state index contributed by atoms with van der Waals surface area (Å²) in [7, 11) is 3.16. The molecule has 0 fully saturated rings. The number of ether oxygens (including phenoxy) is 1. The highest BCUT2D eigenvalue weighted by Crippen LogP contribution is 2.15. The molecule has 0 aliphatic rings. The number of nitrogens with one attached hydrogen (secondary N) is 1. The number of hydrogen-bond acceptors (Lipinski definition) is 3. The van der Waals surface area contributed by atoms with Gasteiger partial charge in [0, 0.05) is 23.3 Å². The van der Waals surface area contributed by atoms with Gasteiger partial charge in [0.1, 0.15) is 5.75 Å². The minimum absolute atomic E-state index is 0.0340. The number of benzene rings is 2. The molecular formula is C19H19BrN2O3. The molecule has 0 unspecified atom stereocenters. The number of anilines is 1. The fourth-order valence-electron chi connectivity index (χ4n) is 2.07. The van der Waals surface area contributed by atoms with Crippen molar-refractivity contribution in [2.75, 3.05) is 26.0 Å². The van der Waals surface area contributed by atoms with Gasteiger partial charge >= 0.3 is 0 Å². The van der Waals surface area contributed by atoms with E-state index in [2.05, 4.69) is 21.2 Å². The van der Waals surface area contributed by atoms with E-state index < -0.39 is 0 Å². The Kier molecular flexibility index (Phi) is 6.77. The lowest BCUT2D eigenvalue weighted by Crippen LogP contribution is -2.33. The van der Waals surface area contributed by atoms with Gasteiger partial charge in [0.15, 0.2) is 0 Å². The molecule has 0 saturated heterocycles. The molecule has 0 radical (unpaired) electrons. The van der Waals surface area contributed by atoms with Crippen molar-refractivity contribution in [2.45, 2.75) is 0 Å². The van der Waals surface area contributed by atoms with Gasteiger partial charge in [-0.25, -0.2) is 0 Å². The lowest BCUT2D eigenvalue weighted by Gasteiger charge is -2.15. The number of carbonyl (C=O) groups is 2. The van der Waals surface area contributed by atoms with Crippen LogP contribution in [0.1, 0.15) is 5.56 Å². The molecule has 0 saturated carbocycles. The van der Waals surface area contributed by atoms with E-state index in [1.54, 1.807) is 44.5 Å². The van der Waals surface area contributed by atoms with Crippen molar-refractivity contribution < 1.29 is 14.3 Å². The van der Waals surface area contributed by atoms with Crippen molar-refractivity contribution in [1.82, 2.24) is 4.90 Å². The Hall–Kier alpha value is -2.60. The van der Waals surface area contributed by atoms with Gasteiger partial charge in [0.25, 0.3) is 0 Å². The number of amides is 2. The lowest BCUT2D eigenvalue weighted by atomic mass is 10.2. The van der Waals surface area contributed by atoms with Gasteiger partial charge in [-0.05, 0) is 48.0 Å². The number of carbonyl (C=O) groups excluding carboxylic acids is 2. The zero-order valence-corrected chi connectivity index (χ0v) is 15.6. The minimum Gasteiger partial charge on any atom is -0.497 e. The molecule has 130 valence electrons. The average molecular weight is 403 g/mol. The number of nitrogens with zero attached hydrogens (tertiary/aromatic N) is 1. The Morgan fingerprint density at radius 1 is 1.20 bits per heavy atom. The first-order valence-electron chi connectivity index (χ1n) is 7.60. The second-order valence-electron chi connectivity index (χ2n) is 5.36. The summed E-state index contributed by atoms with van der Waals surface area (Å²) in [5.41, 5.74) is 1.55. The number of hydrogen-bond donors (Lipinski definition) is 1. The highest BCUT2D eigenvalue weighted by atomic mass is 79.9. The zero-order chi connectivity index (χ0) is 18.2. The van der Waals surface area contributed by atoms with Crippen LogP contribution in [0.3, 0.4) is 0 Å². The molecule has 0 bridgehead atoms. The predicted molar refractivity (Wildman–Crippen MR) is 102 cm³/mol. The van der Waals surface area contributed by atoms with E-state index in [4.69, 9.17) is 4.74 Å². The topological polar surface area (TPSA) is 58.6 Å². The van der Waals surface area contributed by atoms with Crippen LogP contribution in [0.25, 0.3) is 6.08 Å². The quantitative estimate of drug-likeness (QED) is 0.751. The lowest BCUT2D eigenvalue weighted by molar-refractivity contribution is -0.129. The third kappa shape index (κ3) is 6.08. The second-order valence-corrected chi connectivity index (χ2v) is 6.27. The summed E-state index contributed by atoms with van der Waals surface area (Å²) in [6.07, 6.45) is 3.16. The monoisotopic (exact) mass is 402 g/mol. The first kappa shape index (κ1) is 18.7. The largest absolute Gasteiger partial charge is 0.497 e. The summed E-state index contributed by atoms with van der Waals surface area (Å²) in [5.74, 6) is 0.199. The Balaban J connectivity index is 1.87. The molecule has 0 aliphatic carbocycles. The maximum atomic E-state index is 12.1. The Morgan fingerprint density at radius 3 is 2.56 bits per heavy atom. The molecule has 2 aromatic rings. The average Bonchev–Trinajstić information content (AvgIpc) is 2.60. The summed E-state index contributed by atoms with van der Waals surface area (Å²) in [6.45, 7) is -0.0340. The molecule has 6 heteroatoms. The van der Waals surface area contributed by atoms with Crippen LogP contribution in [0.2, 0.25) is 0 Å². The number of likely N-dealkylation sites (N-methyl/N-ethyl adjacent to an activating group) is 1. The summed E-state index contributed by atoms with van der Waals surface area (Å²) >= 11 is 3.38. The highest BCUT2D eigenvalue weighted by Gasteiger charge is 2.10. The van der Waals surface area contributed by atoms with Crippen molar-refractivity contribution in [3.63, 3.8) is 0 Å². The van der Waals surface area contributed by atoms with Crippen LogP contribution >= 0.6 is 15.9 Å². The van der Waals surface area contributed by atoms with E-state index >= 15 is 0 Å². The maximum absolute atomic E-state index is 12.1. The Morgan fingerprint density at radius 2 is 1.92 bits per heavy atom. The normalized spacial score (nSPS) is 10.5. The van der Waals surface area contributed by atoms with E-state index in [9.17, 15) is 9.59 Å². The van der Waals surface area contributed by atoms with Crippen LogP contribution in [0.15, 0.2) is 59.1 Å². The van der Waals surface area contributed by atoms with E-state index in [0.29, 0.717) is 11.4 Å². The number of halogens is 1. The highest BCUT2D eigenvalue weighted by molar-refractivity contribution is 9.10. The molecule has 25 heavy (non-hydrogen) atoms. The summed E-state index contributed by atoms with van der Waals surface area (Å²) in [4.78, 5) is 25.5. The maximum Gasteiger partial charge on any atom is 0.246 e. The van der Waals surface area contributed by atoms with E-state index in [0.717, 1.165) is 10.0 Å². The standard InChI is InChI=1S/C19H19BrN2O3/c1-22(19(24)11-6-14-4-3-5-15(20)12-14)13-18(23)21-16-7-9-17(25-2)10-8-16/h3-12H,13H2,1-2H3,(H,21,23)/b11-6+. The van der Waals surface area contributed by atoms with Gasteiger partial charge in [-0.3, -0.25) is 9.59 Å². The molecular weight excluding hydrogens is 384 g/mol. The first-order valence-corrected chi connectivity index (χ1v) is 8.40. The fourth-order valence-corrected chi connectivity index (χ4v) is 2.49. The summed E-state index contributed by atoms with van der Waals surface area (Å²) in [5, 5.41) is 2.74. The van der Waals surface area contributed by atoms with Gasteiger partial charge in [-0.1, -0.05) is 28.1 Å². The molecule has 0 spiro atoms. The molecule has 0 heterocycles. The predicted octanol–water partition coefficient (Wildman–Crippen LogP) is 3.57. The van der Waals surface area contributed by atoms with Crippen LogP contribution in [0.4, 0.5) is 5.69 Å². The fraction of sp³-hybridized carbons (Fsp3) is 0.158. The molecule has 0 aromatic heterocycles. The smallest absolute Gasteiger partial charge is 0.246 e. The van der Waals surface area contributed by atoms with Crippen LogP contribution < -0.4 is 10.1 Å². The summed E-state index contributed by atoms with van der Waals surface area (Å²) in [6, 6.07) is 14.6. The number of methoxy groups -OCH3 is 1. The second kappa shape index (κ2) is 9.03. The van der Waals surface area contributed by atoms with Crippen LogP contribution in [-0.2, 0) is 9.59 Å². The van der Waals surface area contributed by atoms with Crippen molar-refractivity contribution in [2.24, 2.45) is 0 Å². The van der Waals surface area contributed by atoms with Crippen LogP contribution in [-0.4, -0.2) is 37.4 Å². The van der Waals surface area contributed by atoms with Gasteiger partial charge in [0.05, 0.1) is 13.7 Å². The van der Waals surface area contributed by atoms with Crippen molar-refractivity contribution >= 4 is 39.5 Å². The van der Waals surface area contributed by atoms with Crippen molar-refractivity contribution in [3.8, 4) is 5.75 Å². The first-order chi connectivity index (χ1) is 12.0. The molecule has 1 N–H and O–H groups in total. The minimum atomic E-state index is -0.267. The summed E-state index contributed by atoms with van der Waals surface area (Å²) < 4.78 is 6.00. The molecule has 5 nitrogen and oxygen atoms in total. The van der Waals surface area contributed by atoms with Gasteiger partial charge in [0.2, 0.25) is 11.8 Å². The van der Waals surface area contributed by atoms with E-state index in [1.165, 1.54) is 11.0 Å². The van der Waals surface area contributed by atoms with E-state index in [1.807, 2.05) is 24.3 Å². The van der Waals surface area contributed by atoms with Crippen LogP contribution in [0, 0.1) is 0 Å². The molecule has 2 rings (SSSR count). The Bertz CT molecular complexity index is 772. The van der Waals surface area contributed by atoms with E-state index in [-0.39, 0.29) is 18.4 Å². The molecule has 2 amide bonds. The van der Waals surface area contributed by atoms with Crippen LogP contribution in [0.5, 0.6) is 5.75 Å². The molecule has 0 atom stereocenters. The molecule has 0 aliphatic heterocycles. The van der Waals surface area contributed by atoms with Crippen molar-refractivity contribution in [3.05, 3.63) is 64.6 Å². The molecule has 2 aromatic carbocycles. The number of rotatable bonds is 6. The third-order valence-corrected chi connectivity index (χ3v) is 3.89. The third-order valence-electron chi connectivity index (χ3n) is 3.40.